The van der Waals surface area contributed by atoms with Crippen molar-refractivity contribution < 1.29 is 9.47 Å². The standard InChI is InChI=1S/C15H21N2O2/c1-17(10-11-2-3-13(17)9-16-11)12-4-5-14-15(8-12)19-7-6-18-14/h4-5,8,11,13,16H,2-3,6-7,9-10H2,1H3/q+1. The van der Waals surface area contributed by atoms with Gasteiger partial charge in [-0.25, -0.2) is 0 Å². The number of fused-ring (bicyclic) bond motifs is 4. The molecule has 0 radical (unpaired) electrons. The molecule has 2 bridgehead atoms. The van der Waals surface area contributed by atoms with Crippen molar-refractivity contribution in [1.82, 2.24) is 9.80 Å². The van der Waals surface area contributed by atoms with Crippen molar-refractivity contribution in [2.45, 2.75) is 24.9 Å². The lowest BCUT2D eigenvalue weighted by Crippen LogP contribution is -2.70. The molecular formula is C15H21N2O2+. The molecule has 4 heteroatoms. The van der Waals surface area contributed by atoms with Crippen LogP contribution < -0.4 is 19.3 Å². The van der Waals surface area contributed by atoms with E-state index in [4.69, 9.17) is 9.47 Å². The van der Waals surface area contributed by atoms with E-state index in [1.165, 1.54) is 25.1 Å². The van der Waals surface area contributed by atoms with Crippen molar-refractivity contribution in [3.8, 4) is 11.5 Å². The molecule has 3 fully saturated rings. The Morgan fingerprint density at radius 1 is 1.16 bits per heavy atom. The summed E-state index contributed by atoms with van der Waals surface area (Å²) in [5, 5.41) is 3.63. The predicted molar refractivity (Wildman–Crippen MR) is 74.8 cm³/mol. The minimum atomic E-state index is 0.660. The van der Waals surface area contributed by atoms with Crippen LogP contribution in [-0.4, -0.2) is 45.4 Å². The third-order valence-corrected chi connectivity index (χ3v) is 5.01. The third-order valence-electron chi connectivity index (χ3n) is 5.01. The highest BCUT2D eigenvalue weighted by Crippen LogP contribution is 2.40. The maximum atomic E-state index is 5.73. The van der Waals surface area contributed by atoms with Crippen LogP contribution in [0.4, 0.5) is 5.69 Å². The van der Waals surface area contributed by atoms with E-state index in [1.807, 2.05) is 0 Å². The first kappa shape index (κ1) is 11.6. The topological polar surface area (TPSA) is 30.5 Å². The number of rotatable bonds is 1. The molecular weight excluding hydrogens is 240 g/mol. The van der Waals surface area contributed by atoms with Crippen LogP contribution in [0.1, 0.15) is 12.8 Å². The Balaban J connectivity index is 1.71. The van der Waals surface area contributed by atoms with Crippen molar-refractivity contribution in [2.75, 3.05) is 33.4 Å². The van der Waals surface area contributed by atoms with Crippen molar-refractivity contribution in [1.29, 1.82) is 0 Å². The van der Waals surface area contributed by atoms with Crippen molar-refractivity contribution in [3.05, 3.63) is 18.2 Å². The Hall–Kier alpha value is -1.26. The van der Waals surface area contributed by atoms with Crippen LogP contribution in [0, 0.1) is 0 Å². The summed E-state index contributed by atoms with van der Waals surface area (Å²) in [4.78, 5) is 0. The van der Waals surface area contributed by atoms with Gasteiger partial charge >= 0.3 is 0 Å². The van der Waals surface area contributed by atoms with Crippen LogP contribution in [-0.2, 0) is 0 Å². The van der Waals surface area contributed by atoms with E-state index in [0.717, 1.165) is 22.5 Å². The summed E-state index contributed by atoms with van der Waals surface area (Å²) in [5.74, 6) is 1.81. The van der Waals surface area contributed by atoms with E-state index in [2.05, 4.69) is 30.6 Å². The molecule has 0 amide bonds. The molecule has 3 atom stereocenters. The number of hydrogen-bond donors (Lipinski definition) is 1. The second-order valence-electron chi connectivity index (χ2n) is 6.11. The highest BCUT2D eigenvalue weighted by molar-refractivity contribution is 5.55. The van der Waals surface area contributed by atoms with E-state index >= 15 is 0 Å². The molecule has 3 saturated heterocycles. The number of hydrogen-bond acceptors (Lipinski definition) is 3. The van der Waals surface area contributed by atoms with Crippen LogP contribution in [0.15, 0.2) is 18.2 Å². The Labute approximate surface area is 113 Å². The highest BCUT2D eigenvalue weighted by atomic mass is 16.6. The maximum absolute atomic E-state index is 5.73. The summed E-state index contributed by atoms with van der Waals surface area (Å²) in [6.45, 7) is 3.64. The van der Waals surface area contributed by atoms with Crippen LogP contribution in [0.5, 0.6) is 11.5 Å². The number of quaternary nitrogens is 1. The molecule has 0 aliphatic carbocycles. The Bertz CT molecular complexity index is 497. The molecule has 0 saturated carbocycles. The molecule has 0 aromatic heterocycles. The lowest BCUT2D eigenvalue weighted by Gasteiger charge is -2.51. The van der Waals surface area contributed by atoms with E-state index in [1.54, 1.807) is 0 Å². The van der Waals surface area contributed by atoms with Crippen molar-refractivity contribution in [3.63, 3.8) is 0 Å². The molecule has 1 aromatic carbocycles. The minimum absolute atomic E-state index is 0.660. The van der Waals surface area contributed by atoms with Crippen LogP contribution in [0.25, 0.3) is 0 Å². The predicted octanol–water partition coefficient (Wildman–Crippen LogP) is 1.53. The molecule has 5 rings (SSSR count). The Kier molecular flexibility index (Phi) is 2.50. The molecule has 1 N–H and O–H groups in total. The summed E-state index contributed by atoms with van der Waals surface area (Å²) >= 11 is 0. The molecule has 4 aliphatic heterocycles. The van der Waals surface area contributed by atoms with Gasteiger partial charge in [-0.05, 0) is 12.5 Å². The minimum Gasteiger partial charge on any atom is -0.486 e. The molecule has 102 valence electrons. The van der Waals surface area contributed by atoms with E-state index in [9.17, 15) is 0 Å². The third kappa shape index (κ3) is 1.74. The molecule has 4 aliphatic rings. The van der Waals surface area contributed by atoms with Crippen LogP contribution >= 0.6 is 0 Å². The fourth-order valence-corrected chi connectivity index (χ4v) is 3.82. The first-order valence-corrected chi connectivity index (χ1v) is 7.24. The molecule has 4 nitrogen and oxygen atoms in total. The molecule has 1 aromatic rings. The molecule has 4 heterocycles. The number of nitrogens with one attached hydrogen (secondary N) is 1. The van der Waals surface area contributed by atoms with Gasteiger partial charge in [-0.2, -0.15) is 0 Å². The SMILES string of the molecule is C[N+]1(c2ccc3c(c2)OCCO3)CC2CCC1CN2. The van der Waals surface area contributed by atoms with Gasteiger partial charge in [0.15, 0.2) is 11.5 Å². The number of nitrogens with zero attached hydrogens (tertiary/aromatic N) is 1. The summed E-state index contributed by atoms with van der Waals surface area (Å²) in [7, 11) is 2.36. The number of likely N-dealkylation sites (N-methyl/N-ethyl adjacent to an activating group) is 1. The average Bonchev–Trinajstić information content (AvgIpc) is 2.48. The summed E-state index contributed by atoms with van der Waals surface area (Å²) in [6, 6.07) is 7.84. The quantitative estimate of drug-likeness (QED) is 0.778. The fourth-order valence-electron chi connectivity index (χ4n) is 3.82. The summed E-state index contributed by atoms with van der Waals surface area (Å²) in [6.07, 6.45) is 2.64. The van der Waals surface area contributed by atoms with E-state index in [-0.39, 0.29) is 0 Å². The van der Waals surface area contributed by atoms with Gasteiger partial charge in [-0.1, -0.05) is 0 Å². The van der Waals surface area contributed by atoms with Crippen LogP contribution in [0.3, 0.4) is 0 Å². The monoisotopic (exact) mass is 261 g/mol. The van der Waals surface area contributed by atoms with Crippen molar-refractivity contribution in [2.24, 2.45) is 0 Å². The number of ether oxygens (including phenoxy) is 2. The average molecular weight is 261 g/mol. The van der Waals surface area contributed by atoms with Gasteiger partial charge in [-0.15, -0.1) is 0 Å². The summed E-state index contributed by atoms with van der Waals surface area (Å²) < 4.78 is 12.4. The normalized spacial score (nSPS) is 36.3. The van der Waals surface area contributed by atoms with Gasteiger partial charge in [-0.3, -0.25) is 4.48 Å². The zero-order valence-corrected chi connectivity index (χ0v) is 11.4. The fraction of sp³-hybridized carbons (Fsp3) is 0.600. The summed E-state index contributed by atoms with van der Waals surface area (Å²) in [5.41, 5.74) is 1.36. The lowest BCUT2D eigenvalue weighted by atomic mass is 9.89. The van der Waals surface area contributed by atoms with Crippen molar-refractivity contribution >= 4 is 5.69 Å². The molecule has 19 heavy (non-hydrogen) atoms. The zero-order chi connectivity index (χ0) is 12.9. The van der Waals surface area contributed by atoms with Gasteiger partial charge in [0.25, 0.3) is 0 Å². The van der Waals surface area contributed by atoms with Gasteiger partial charge in [0.2, 0.25) is 0 Å². The van der Waals surface area contributed by atoms with Gasteiger partial charge in [0, 0.05) is 25.1 Å². The number of benzene rings is 1. The van der Waals surface area contributed by atoms with Gasteiger partial charge in [0.05, 0.1) is 19.6 Å². The molecule has 0 spiro atoms. The second kappa shape index (κ2) is 4.12. The Morgan fingerprint density at radius 3 is 2.68 bits per heavy atom. The van der Waals surface area contributed by atoms with Gasteiger partial charge < -0.3 is 14.8 Å². The largest absolute Gasteiger partial charge is 0.486 e. The first-order valence-electron chi connectivity index (χ1n) is 7.24. The van der Waals surface area contributed by atoms with Crippen LogP contribution in [0.2, 0.25) is 0 Å². The smallest absolute Gasteiger partial charge is 0.167 e. The van der Waals surface area contributed by atoms with E-state index < -0.39 is 0 Å². The Morgan fingerprint density at radius 2 is 2.00 bits per heavy atom. The number of piperidine rings is 2. The zero-order valence-electron chi connectivity index (χ0n) is 11.4. The number of piperazine rings is 1. The maximum Gasteiger partial charge on any atom is 0.167 e. The molecule has 3 unspecified atom stereocenters. The van der Waals surface area contributed by atoms with E-state index in [0.29, 0.717) is 25.3 Å². The lowest BCUT2D eigenvalue weighted by molar-refractivity contribution is 0.104. The first-order chi connectivity index (χ1) is 9.25. The van der Waals surface area contributed by atoms with Gasteiger partial charge in [0.1, 0.15) is 24.9 Å². The second-order valence-corrected chi connectivity index (χ2v) is 6.11. The highest BCUT2D eigenvalue weighted by Gasteiger charge is 2.45.